The number of ketones is 1. The summed E-state index contributed by atoms with van der Waals surface area (Å²) in [4.78, 5) is 22.2. The van der Waals surface area contributed by atoms with Crippen molar-refractivity contribution < 1.29 is 19.0 Å². The number of aliphatic hydroxyl groups excluding tert-OH is 1. The molecule has 216 valence electrons. The second-order valence-corrected chi connectivity index (χ2v) is 10.5. The van der Waals surface area contributed by atoms with Crippen LogP contribution in [0.4, 0.5) is 16.0 Å². The molecule has 2 aromatic carbocycles. The number of nitrogens with zero attached hydrogens (tertiary/aromatic N) is 2. The van der Waals surface area contributed by atoms with Gasteiger partial charge in [-0.2, -0.15) is 0 Å². The Morgan fingerprint density at radius 1 is 1.20 bits per heavy atom. The van der Waals surface area contributed by atoms with Crippen LogP contribution < -0.4 is 11.1 Å². The predicted molar refractivity (Wildman–Crippen MR) is 164 cm³/mol. The monoisotopic (exact) mass is 578 g/mol. The van der Waals surface area contributed by atoms with E-state index in [0.29, 0.717) is 54.0 Å². The Balaban J connectivity index is 1.88. The van der Waals surface area contributed by atoms with E-state index in [9.17, 15) is 14.3 Å². The number of rotatable bonds is 14. The summed E-state index contributed by atoms with van der Waals surface area (Å²) in [6.45, 7) is 10.0. The fraction of sp³-hybridized carbons (Fsp3) is 0.281. The minimum Gasteiger partial charge on any atom is -0.515 e. The molecule has 2 atom stereocenters. The van der Waals surface area contributed by atoms with Gasteiger partial charge in [-0.3, -0.25) is 4.79 Å². The zero-order chi connectivity index (χ0) is 29.9. The minimum absolute atomic E-state index is 0.0209. The lowest BCUT2D eigenvalue weighted by Crippen LogP contribution is -2.17. The van der Waals surface area contributed by atoms with E-state index in [2.05, 4.69) is 21.9 Å². The SMILES string of the molecule is C=C/C=C(/Cc1c(N)ncnc1NC(C)c1ccccc1C(=O)/C(=C\O)c1cccc(F)c1)CC(Cl)COC(C)C. The van der Waals surface area contributed by atoms with Crippen molar-refractivity contribution in [2.45, 2.75) is 51.1 Å². The number of carbonyl (C=O) groups excluding carboxylic acids is 1. The highest BCUT2D eigenvalue weighted by atomic mass is 35.5. The van der Waals surface area contributed by atoms with Gasteiger partial charge in [-0.05, 0) is 50.5 Å². The van der Waals surface area contributed by atoms with Crippen LogP contribution in [0.3, 0.4) is 0 Å². The number of Topliss-reactive ketones (excluding diaryl/α,β-unsaturated/α-hetero) is 1. The van der Waals surface area contributed by atoms with Crippen LogP contribution in [0.25, 0.3) is 5.57 Å². The number of hydrogen-bond acceptors (Lipinski definition) is 7. The Kier molecular flexibility index (Phi) is 11.6. The number of alkyl halides is 1. The van der Waals surface area contributed by atoms with E-state index in [1.54, 1.807) is 24.3 Å². The number of benzene rings is 2. The highest BCUT2D eigenvalue weighted by molar-refractivity contribution is 6.29. The summed E-state index contributed by atoms with van der Waals surface area (Å²) in [5, 5.41) is 13.0. The fourth-order valence-corrected chi connectivity index (χ4v) is 4.66. The molecule has 1 aromatic heterocycles. The number of halogens is 2. The maximum absolute atomic E-state index is 13.9. The van der Waals surface area contributed by atoms with E-state index < -0.39 is 17.6 Å². The van der Waals surface area contributed by atoms with Gasteiger partial charge >= 0.3 is 0 Å². The van der Waals surface area contributed by atoms with E-state index >= 15 is 0 Å². The number of ether oxygens (including phenoxy) is 1. The molecule has 0 amide bonds. The molecule has 1 heterocycles. The largest absolute Gasteiger partial charge is 0.515 e. The zero-order valence-corrected chi connectivity index (χ0v) is 24.2. The van der Waals surface area contributed by atoms with Gasteiger partial charge in [0.05, 0.1) is 36.0 Å². The molecule has 0 aliphatic rings. The van der Waals surface area contributed by atoms with E-state index in [4.69, 9.17) is 22.1 Å². The molecule has 3 aromatic rings. The number of hydrogen-bond donors (Lipinski definition) is 3. The van der Waals surface area contributed by atoms with Crippen molar-refractivity contribution in [3.05, 3.63) is 113 Å². The molecular weight excluding hydrogens is 543 g/mol. The summed E-state index contributed by atoms with van der Waals surface area (Å²) >= 11 is 6.55. The van der Waals surface area contributed by atoms with Crippen LogP contribution in [0.1, 0.15) is 60.3 Å². The lowest BCUT2D eigenvalue weighted by atomic mass is 9.92. The third kappa shape index (κ3) is 8.74. The Morgan fingerprint density at radius 3 is 2.63 bits per heavy atom. The van der Waals surface area contributed by atoms with Crippen molar-refractivity contribution in [1.82, 2.24) is 9.97 Å². The summed E-state index contributed by atoms with van der Waals surface area (Å²) in [5.74, 6) is -0.132. The summed E-state index contributed by atoms with van der Waals surface area (Å²) in [5.41, 5.74) is 9.22. The molecule has 2 unspecified atom stereocenters. The topological polar surface area (TPSA) is 110 Å². The highest BCUT2D eigenvalue weighted by Gasteiger charge is 2.22. The molecule has 4 N–H and O–H groups in total. The predicted octanol–water partition coefficient (Wildman–Crippen LogP) is 7.23. The van der Waals surface area contributed by atoms with Gasteiger partial charge in [0.1, 0.15) is 23.8 Å². The van der Waals surface area contributed by atoms with Crippen LogP contribution in [-0.4, -0.2) is 38.9 Å². The van der Waals surface area contributed by atoms with Gasteiger partial charge in [0.15, 0.2) is 5.78 Å². The fourth-order valence-electron chi connectivity index (χ4n) is 4.39. The normalized spacial score (nSPS) is 13.6. The standard InChI is InChI=1S/C32H36ClFN4O3/c1-5-9-22(14-24(33)18-41-20(2)3)15-28-31(35)36-19-37-32(28)38-21(4)26-12-6-7-13-27(26)30(40)29(17-39)23-10-8-11-25(34)16-23/h5-13,16-17,19-21,24,39H,1,14-15,18H2,2-4H3,(H3,35,36,37,38)/b22-9+,29-17-. The van der Waals surface area contributed by atoms with Crippen molar-refractivity contribution in [2.24, 2.45) is 0 Å². The molecule has 0 saturated heterocycles. The molecule has 3 rings (SSSR count). The molecular formula is C32H36ClFN4O3. The van der Waals surface area contributed by atoms with Crippen molar-refractivity contribution in [3.63, 3.8) is 0 Å². The van der Waals surface area contributed by atoms with Crippen LogP contribution in [0.5, 0.6) is 0 Å². The summed E-state index contributed by atoms with van der Waals surface area (Å²) < 4.78 is 19.5. The van der Waals surface area contributed by atoms with Gasteiger partial charge in [0.25, 0.3) is 0 Å². The molecule has 0 aliphatic heterocycles. The summed E-state index contributed by atoms with van der Waals surface area (Å²) in [6, 6.07) is 12.2. The van der Waals surface area contributed by atoms with Gasteiger partial charge in [0, 0.05) is 17.5 Å². The van der Waals surface area contributed by atoms with Crippen LogP contribution >= 0.6 is 11.6 Å². The summed E-state index contributed by atoms with van der Waals surface area (Å²) in [6.07, 6.45) is 6.73. The first-order valence-electron chi connectivity index (χ1n) is 13.3. The second kappa shape index (κ2) is 15.1. The number of anilines is 2. The minimum atomic E-state index is -0.510. The number of carbonyl (C=O) groups is 1. The van der Waals surface area contributed by atoms with Gasteiger partial charge < -0.3 is 20.9 Å². The molecule has 0 bridgehead atoms. The molecule has 7 nitrogen and oxygen atoms in total. The van der Waals surface area contributed by atoms with Gasteiger partial charge in [-0.1, -0.05) is 60.7 Å². The first-order valence-corrected chi connectivity index (χ1v) is 13.7. The Hall–Kier alpha value is -4.01. The lowest BCUT2D eigenvalue weighted by molar-refractivity contribution is 0.0789. The molecule has 41 heavy (non-hydrogen) atoms. The first-order chi connectivity index (χ1) is 19.6. The number of nitrogens with one attached hydrogen (secondary N) is 1. The van der Waals surface area contributed by atoms with Crippen molar-refractivity contribution in [1.29, 1.82) is 0 Å². The number of allylic oxidation sites excluding steroid dienone is 4. The summed E-state index contributed by atoms with van der Waals surface area (Å²) in [7, 11) is 0. The molecule has 9 heteroatoms. The van der Waals surface area contributed by atoms with Gasteiger partial charge in [0.2, 0.25) is 0 Å². The Labute approximate surface area is 245 Å². The van der Waals surface area contributed by atoms with Crippen molar-refractivity contribution in [3.8, 4) is 0 Å². The first kappa shape index (κ1) is 31.5. The third-order valence-electron chi connectivity index (χ3n) is 6.36. The van der Waals surface area contributed by atoms with E-state index in [0.717, 1.165) is 5.57 Å². The number of aromatic nitrogens is 2. The zero-order valence-electron chi connectivity index (χ0n) is 23.5. The van der Waals surface area contributed by atoms with Crippen LogP contribution in [0.15, 0.2) is 85.4 Å². The van der Waals surface area contributed by atoms with Gasteiger partial charge in [-0.25, -0.2) is 14.4 Å². The molecule has 0 spiro atoms. The van der Waals surface area contributed by atoms with Crippen LogP contribution in [0, 0.1) is 5.82 Å². The average Bonchev–Trinajstić information content (AvgIpc) is 2.94. The number of nitrogen functional groups attached to an aromatic ring is 1. The molecule has 0 saturated carbocycles. The van der Waals surface area contributed by atoms with Crippen molar-refractivity contribution >= 4 is 34.6 Å². The van der Waals surface area contributed by atoms with E-state index in [1.165, 1.54) is 24.5 Å². The number of nitrogens with two attached hydrogens (primary N) is 1. The van der Waals surface area contributed by atoms with Crippen LogP contribution in [0.2, 0.25) is 0 Å². The molecule has 0 aliphatic carbocycles. The van der Waals surface area contributed by atoms with Crippen LogP contribution in [-0.2, 0) is 11.2 Å². The smallest absolute Gasteiger partial charge is 0.197 e. The van der Waals surface area contributed by atoms with Crippen molar-refractivity contribution in [2.75, 3.05) is 17.7 Å². The average molecular weight is 579 g/mol. The lowest BCUT2D eigenvalue weighted by Gasteiger charge is -2.21. The molecule has 0 radical (unpaired) electrons. The second-order valence-electron chi connectivity index (χ2n) is 9.84. The highest BCUT2D eigenvalue weighted by Crippen LogP contribution is 2.30. The van der Waals surface area contributed by atoms with E-state index in [1.807, 2.05) is 39.0 Å². The van der Waals surface area contributed by atoms with E-state index in [-0.39, 0.29) is 22.6 Å². The molecule has 0 fully saturated rings. The third-order valence-corrected chi connectivity index (χ3v) is 6.64. The number of aliphatic hydroxyl groups is 1. The van der Waals surface area contributed by atoms with Gasteiger partial charge in [-0.15, -0.1) is 11.6 Å². The maximum Gasteiger partial charge on any atom is 0.197 e. The quantitative estimate of drug-likeness (QED) is 0.0608. The Morgan fingerprint density at radius 2 is 1.95 bits per heavy atom. The Bertz CT molecular complexity index is 1420. The maximum atomic E-state index is 13.9.